The molecule has 0 atom stereocenters. The Bertz CT molecular complexity index is 862. The number of nitrogen functional groups attached to an aromatic ring is 1. The van der Waals surface area contributed by atoms with Gasteiger partial charge >= 0.3 is 0 Å². The summed E-state index contributed by atoms with van der Waals surface area (Å²) in [5.74, 6) is 0. The van der Waals surface area contributed by atoms with Gasteiger partial charge in [0.1, 0.15) is 0 Å². The van der Waals surface area contributed by atoms with Gasteiger partial charge in [0.15, 0.2) is 0 Å². The minimum absolute atomic E-state index is 0.0721. The molecule has 2 aromatic carbocycles. The van der Waals surface area contributed by atoms with Gasteiger partial charge in [-0.05, 0) is 49.6 Å². The monoisotopic (exact) mass is 349 g/mol. The van der Waals surface area contributed by atoms with Crippen molar-refractivity contribution in [1.29, 1.82) is 0 Å². The molecular weight excluding hydrogens is 330 g/mol. The molecule has 0 aliphatic heterocycles. The highest BCUT2D eigenvalue weighted by molar-refractivity contribution is 7.89. The van der Waals surface area contributed by atoms with Crippen molar-refractivity contribution < 1.29 is 13.3 Å². The van der Waals surface area contributed by atoms with Crippen LogP contribution in [0.1, 0.15) is 16.7 Å². The van der Waals surface area contributed by atoms with Gasteiger partial charge in [-0.1, -0.05) is 12.1 Å². The number of sulfonamides is 1. The Labute approximate surface area is 140 Å². The van der Waals surface area contributed by atoms with E-state index in [1.807, 2.05) is 12.1 Å². The van der Waals surface area contributed by atoms with Crippen molar-refractivity contribution in [3.8, 4) is 0 Å². The first-order chi connectivity index (χ1) is 11.2. The minimum atomic E-state index is -3.82. The van der Waals surface area contributed by atoms with Crippen LogP contribution in [-0.4, -0.2) is 19.9 Å². The average Bonchev–Trinajstić information content (AvgIpc) is 2.48. The molecule has 128 valence electrons. The second-order valence-corrected chi connectivity index (χ2v) is 7.29. The number of aryl methyl sites for hydroxylation is 2. The summed E-state index contributed by atoms with van der Waals surface area (Å²) < 4.78 is 27.3. The van der Waals surface area contributed by atoms with Crippen LogP contribution in [0.3, 0.4) is 0 Å². The lowest BCUT2D eigenvalue weighted by Gasteiger charge is -2.10. The quantitative estimate of drug-likeness (QED) is 0.472. The van der Waals surface area contributed by atoms with Crippen LogP contribution in [0.2, 0.25) is 0 Å². The number of nitro benzene ring substituents is 1. The molecule has 8 heteroatoms. The Balaban J connectivity index is 2.16. The molecule has 0 aliphatic carbocycles. The maximum Gasteiger partial charge on any atom is 0.273 e. The van der Waals surface area contributed by atoms with Gasteiger partial charge in [0.05, 0.1) is 9.82 Å². The first kappa shape index (κ1) is 17.9. The van der Waals surface area contributed by atoms with E-state index in [0.717, 1.165) is 11.6 Å². The lowest BCUT2D eigenvalue weighted by atomic mass is 10.1. The van der Waals surface area contributed by atoms with Crippen LogP contribution >= 0.6 is 0 Å². The number of anilines is 1. The van der Waals surface area contributed by atoms with E-state index in [-0.39, 0.29) is 17.1 Å². The predicted molar refractivity (Wildman–Crippen MR) is 92.3 cm³/mol. The van der Waals surface area contributed by atoms with Crippen LogP contribution in [-0.2, 0) is 16.4 Å². The second kappa shape index (κ2) is 6.98. The molecule has 7 nitrogen and oxygen atoms in total. The fourth-order valence-electron chi connectivity index (χ4n) is 2.40. The molecule has 0 aromatic heterocycles. The number of nitrogens with zero attached hydrogens (tertiary/aromatic N) is 1. The molecular formula is C16H19N3O4S. The summed E-state index contributed by atoms with van der Waals surface area (Å²) in [5.41, 5.74) is 7.88. The number of nitrogens with two attached hydrogens (primary N) is 1. The molecule has 0 fully saturated rings. The predicted octanol–water partition coefficient (Wildman–Crippen LogP) is 2.31. The van der Waals surface area contributed by atoms with Crippen molar-refractivity contribution in [2.45, 2.75) is 25.2 Å². The van der Waals surface area contributed by atoms with Gasteiger partial charge in [-0.3, -0.25) is 10.1 Å². The SMILES string of the molecule is Cc1cc(C)c(S(=O)(=O)NCCc2ccc(N)cc2)cc1[N+](=O)[O-]. The molecule has 0 saturated heterocycles. The Kier molecular flexibility index (Phi) is 5.20. The maximum atomic E-state index is 12.4. The van der Waals surface area contributed by atoms with E-state index in [4.69, 9.17) is 5.73 Å². The number of hydrogen-bond acceptors (Lipinski definition) is 5. The highest BCUT2D eigenvalue weighted by Gasteiger charge is 2.22. The van der Waals surface area contributed by atoms with Gasteiger partial charge < -0.3 is 5.73 Å². The number of nitro groups is 1. The molecule has 0 spiro atoms. The standard InChI is InChI=1S/C16H19N3O4S/c1-11-9-12(2)16(10-15(11)19(20)21)24(22,23)18-8-7-13-3-5-14(17)6-4-13/h3-6,9-10,18H,7-8,17H2,1-2H3. The van der Waals surface area contributed by atoms with Crippen molar-refractivity contribution in [2.75, 3.05) is 12.3 Å². The van der Waals surface area contributed by atoms with E-state index in [1.54, 1.807) is 26.0 Å². The Morgan fingerprint density at radius 2 is 1.75 bits per heavy atom. The first-order valence-electron chi connectivity index (χ1n) is 7.30. The third-order valence-electron chi connectivity index (χ3n) is 3.67. The fourth-order valence-corrected chi connectivity index (χ4v) is 3.68. The Morgan fingerprint density at radius 1 is 1.12 bits per heavy atom. The minimum Gasteiger partial charge on any atom is -0.399 e. The van der Waals surface area contributed by atoms with Crippen LogP contribution in [0.5, 0.6) is 0 Å². The molecule has 0 radical (unpaired) electrons. The zero-order valence-electron chi connectivity index (χ0n) is 13.4. The molecule has 0 heterocycles. The zero-order valence-corrected chi connectivity index (χ0v) is 14.3. The van der Waals surface area contributed by atoms with Gasteiger partial charge in [0.25, 0.3) is 5.69 Å². The van der Waals surface area contributed by atoms with E-state index < -0.39 is 14.9 Å². The lowest BCUT2D eigenvalue weighted by Crippen LogP contribution is -2.26. The molecule has 24 heavy (non-hydrogen) atoms. The molecule has 2 rings (SSSR count). The highest BCUT2D eigenvalue weighted by Crippen LogP contribution is 2.25. The van der Waals surface area contributed by atoms with Crippen LogP contribution in [0.25, 0.3) is 0 Å². The van der Waals surface area contributed by atoms with Crippen molar-refractivity contribution in [3.63, 3.8) is 0 Å². The van der Waals surface area contributed by atoms with E-state index in [2.05, 4.69) is 4.72 Å². The smallest absolute Gasteiger partial charge is 0.273 e. The third-order valence-corrected chi connectivity index (χ3v) is 5.27. The van der Waals surface area contributed by atoms with Gasteiger partial charge in [-0.15, -0.1) is 0 Å². The summed E-state index contributed by atoms with van der Waals surface area (Å²) in [7, 11) is -3.82. The average molecular weight is 349 g/mol. The van der Waals surface area contributed by atoms with E-state index >= 15 is 0 Å². The number of nitrogens with one attached hydrogen (secondary N) is 1. The number of rotatable bonds is 6. The summed E-state index contributed by atoms with van der Waals surface area (Å²) in [5, 5.41) is 11.0. The summed E-state index contributed by atoms with van der Waals surface area (Å²) in [4.78, 5) is 10.4. The normalized spacial score (nSPS) is 11.4. The molecule has 0 saturated carbocycles. The van der Waals surface area contributed by atoms with E-state index in [0.29, 0.717) is 23.2 Å². The zero-order chi connectivity index (χ0) is 17.9. The van der Waals surface area contributed by atoms with E-state index in [9.17, 15) is 18.5 Å². The molecule has 3 N–H and O–H groups in total. The van der Waals surface area contributed by atoms with Crippen molar-refractivity contribution in [1.82, 2.24) is 4.72 Å². The van der Waals surface area contributed by atoms with Gasteiger partial charge in [-0.2, -0.15) is 0 Å². The molecule has 0 bridgehead atoms. The summed E-state index contributed by atoms with van der Waals surface area (Å²) in [6, 6.07) is 9.76. The van der Waals surface area contributed by atoms with Crippen LogP contribution in [0.4, 0.5) is 11.4 Å². The summed E-state index contributed by atoms with van der Waals surface area (Å²) >= 11 is 0. The van der Waals surface area contributed by atoms with Crippen molar-refractivity contribution in [3.05, 3.63) is 63.2 Å². The molecule has 0 aliphatic rings. The van der Waals surface area contributed by atoms with Crippen LogP contribution < -0.4 is 10.5 Å². The molecule has 2 aromatic rings. The first-order valence-corrected chi connectivity index (χ1v) is 8.79. The second-order valence-electron chi connectivity index (χ2n) is 5.55. The summed E-state index contributed by atoms with van der Waals surface area (Å²) in [6.07, 6.45) is 0.493. The molecule has 0 unspecified atom stereocenters. The van der Waals surface area contributed by atoms with Gasteiger partial charge in [0, 0.05) is 23.9 Å². The fraction of sp³-hybridized carbons (Fsp3) is 0.250. The third kappa shape index (κ3) is 4.09. The largest absolute Gasteiger partial charge is 0.399 e. The summed E-state index contributed by atoms with van der Waals surface area (Å²) in [6.45, 7) is 3.38. The Morgan fingerprint density at radius 3 is 2.33 bits per heavy atom. The van der Waals surface area contributed by atoms with Crippen molar-refractivity contribution in [2.24, 2.45) is 0 Å². The number of hydrogen-bond donors (Lipinski definition) is 2. The maximum absolute atomic E-state index is 12.4. The lowest BCUT2D eigenvalue weighted by molar-refractivity contribution is -0.385. The molecule has 0 amide bonds. The highest BCUT2D eigenvalue weighted by atomic mass is 32.2. The van der Waals surface area contributed by atoms with Crippen molar-refractivity contribution >= 4 is 21.4 Å². The van der Waals surface area contributed by atoms with Crippen LogP contribution in [0.15, 0.2) is 41.3 Å². The van der Waals surface area contributed by atoms with Crippen LogP contribution in [0, 0.1) is 24.0 Å². The van der Waals surface area contributed by atoms with E-state index in [1.165, 1.54) is 6.07 Å². The topological polar surface area (TPSA) is 115 Å². The number of benzene rings is 2. The van der Waals surface area contributed by atoms with Gasteiger partial charge in [0.2, 0.25) is 10.0 Å². The van der Waals surface area contributed by atoms with Gasteiger partial charge in [-0.25, -0.2) is 13.1 Å². The Hall–Kier alpha value is -2.45.